The standard InChI is InChI=1S/C8H12O2S.C7H10O3S.C4H8O2S.C3H6O3S.12C2H6.CH4/c9-11(10)4-6-1-5-2-7(6)8(11)3-5;8-11(9)7-3-4-1-5(7)6(2-4)10-11;5-7(6)3-1-2-4-7;4-7(5)3-1-2-6-7;12*1-2;/h5-8H,1-4H2;4-7H,1-3H2;1-4H2;1-3H2;12*1-2H3;1H4. The van der Waals surface area contributed by atoms with E-state index in [4.69, 9.17) is 4.18 Å². The molecule has 0 spiro atoms. The first-order valence-corrected chi connectivity index (χ1v) is 31.5. The molecule has 0 aromatic rings. The molecule has 4 saturated heterocycles. The average molecular weight is 966 g/mol. The van der Waals surface area contributed by atoms with E-state index < -0.39 is 39.9 Å². The molecule has 0 amide bonds. The summed E-state index contributed by atoms with van der Waals surface area (Å²) in [4.78, 5) is 0. The van der Waals surface area contributed by atoms with E-state index in [1.807, 2.05) is 166 Å². The van der Waals surface area contributed by atoms with E-state index in [0.29, 0.717) is 54.0 Å². The summed E-state index contributed by atoms with van der Waals surface area (Å²) in [5.41, 5.74) is 0. The highest BCUT2D eigenvalue weighted by atomic mass is 32.2. The maximum Gasteiger partial charge on any atom is 0.270 e. The Bertz CT molecular complexity index is 1160. The molecule has 4 heterocycles. The molecule has 8 fully saturated rings. The zero-order chi connectivity index (χ0) is 49.9. The molecule has 384 valence electrons. The third kappa shape index (κ3) is 31.3. The molecule has 0 radical (unpaired) electrons. The van der Waals surface area contributed by atoms with Crippen molar-refractivity contribution >= 4 is 39.9 Å². The molecule has 4 bridgehead atoms. The number of sulfone groups is 2. The zero-order valence-electron chi connectivity index (χ0n) is 44.2. The van der Waals surface area contributed by atoms with Gasteiger partial charge in [0.2, 0.25) is 0 Å². The van der Waals surface area contributed by atoms with Crippen molar-refractivity contribution < 1.29 is 42.0 Å². The fourth-order valence-corrected chi connectivity index (χ4v) is 14.6. The summed E-state index contributed by atoms with van der Waals surface area (Å²) in [5, 5.41) is -0.0440. The maximum absolute atomic E-state index is 11.5. The topological polar surface area (TPSA) is 155 Å². The van der Waals surface area contributed by atoms with E-state index in [2.05, 4.69) is 4.18 Å². The lowest BCUT2D eigenvalue weighted by Crippen LogP contribution is -2.21. The second-order valence-corrected chi connectivity index (χ2v) is 19.7. The predicted molar refractivity (Wildman–Crippen MR) is 275 cm³/mol. The number of rotatable bonds is 0. The van der Waals surface area contributed by atoms with E-state index in [1.54, 1.807) is 0 Å². The number of hydrogen-bond acceptors (Lipinski definition) is 10. The van der Waals surface area contributed by atoms with Gasteiger partial charge in [-0.25, -0.2) is 16.8 Å². The maximum atomic E-state index is 11.5. The molecule has 4 saturated carbocycles. The van der Waals surface area contributed by atoms with Crippen LogP contribution in [0.2, 0.25) is 0 Å². The molecule has 0 N–H and O–H groups in total. The third-order valence-electron chi connectivity index (χ3n) is 9.08. The van der Waals surface area contributed by atoms with Crippen LogP contribution < -0.4 is 0 Å². The average Bonchev–Trinajstić information content (AvgIpc) is 4.21. The van der Waals surface area contributed by atoms with Crippen molar-refractivity contribution in [1.29, 1.82) is 0 Å². The highest BCUT2D eigenvalue weighted by Gasteiger charge is 2.59. The van der Waals surface area contributed by atoms with Crippen molar-refractivity contribution in [3.63, 3.8) is 0 Å². The van der Waals surface area contributed by atoms with Crippen molar-refractivity contribution in [1.82, 2.24) is 0 Å². The Morgan fingerprint density at radius 1 is 0.410 bits per heavy atom. The molecule has 14 heteroatoms. The van der Waals surface area contributed by atoms with E-state index in [9.17, 15) is 33.7 Å². The third-order valence-corrected chi connectivity index (χ3v) is 16.4. The van der Waals surface area contributed by atoms with Crippen LogP contribution in [-0.2, 0) is 48.3 Å². The minimum absolute atomic E-state index is 0. The minimum atomic E-state index is -3.13. The Morgan fingerprint density at radius 2 is 0.787 bits per heavy atom. The fourth-order valence-electron chi connectivity index (χ4n) is 7.59. The Hall–Kier alpha value is -0.280. The smallest absolute Gasteiger partial charge is 0.270 e. The highest BCUT2D eigenvalue weighted by molar-refractivity contribution is 7.92. The molecule has 0 aromatic carbocycles. The minimum Gasteiger partial charge on any atom is -0.270 e. The van der Waals surface area contributed by atoms with E-state index in [0.717, 1.165) is 44.4 Å². The summed E-state index contributed by atoms with van der Waals surface area (Å²) in [6, 6.07) is 0. The van der Waals surface area contributed by atoms with Crippen molar-refractivity contribution in [2.24, 2.45) is 29.6 Å². The normalized spacial score (nSPS) is 28.2. The van der Waals surface area contributed by atoms with Crippen molar-refractivity contribution in [3.8, 4) is 0 Å². The summed E-state index contributed by atoms with van der Waals surface area (Å²) in [6.07, 6.45) is 8.83. The SMILES string of the molecule is C.CC.CC.CC.CC.CC.CC.CC.CC.CC.CC.CC.CC.O=S1(=O)CC2CC3CC2C1C3.O=S1(=O)CCCC1.O=S1(=O)CCCO1.O=S1(=O)OC2CC3CC2C1C3. The van der Waals surface area contributed by atoms with Gasteiger partial charge in [0.25, 0.3) is 20.2 Å². The quantitative estimate of drug-likeness (QED) is 0.214. The van der Waals surface area contributed by atoms with Crippen molar-refractivity contribution in [2.75, 3.05) is 29.6 Å². The molecular weight excluding hydrogens is 853 g/mol. The molecule has 61 heavy (non-hydrogen) atoms. The molecule has 4 aliphatic heterocycles. The predicted octanol–water partition coefficient (Wildman–Crippen LogP) is 14.2. The largest absolute Gasteiger partial charge is 0.270 e. The van der Waals surface area contributed by atoms with Gasteiger partial charge in [0.05, 0.1) is 46.2 Å². The second-order valence-electron chi connectivity index (χ2n) is 11.6. The Kier molecular flexibility index (Phi) is 67.3. The van der Waals surface area contributed by atoms with Gasteiger partial charge in [-0.05, 0) is 81.5 Å². The summed E-state index contributed by atoms with van der Waals surface area (Å²) >= 11 is 0. The lowest BCUT2D eigenvalue weighted by molar-refractivity contribution is 0.196. The summed E-state index contributed by atoms with van der Waals surface area (Å²) in [6.45, 7) is 48.4. The first-order chi connectivity index (χ1) is 28.7. The Morgan fingerprint density at radius 3 is 1.02 bits per heavy atom. The lowest BCUT2D eigenvalue weighted by Gasteiger charge is -2.14. The van der Waals surface area contributed by atoms with Crippen LogP contribution in [-0.4, -0.2) is 79.9 Å². The summed E-state index contributed by atoms with van der Waals surface area (Å²) < 4.78 is 96.1. The van der Waals surface area contributed by atoms with Crippen LogP contribution in [0.5, 0.6) is 0 Å². The summed E-state index contributed by atoms with van der Waals surface area (Å²) in [7, 11) is -11.4. The molecular formula is C47H112O10S4. The van der Waals surface area contributed by atoms with Crippen LogP contribution in [0.1, 0.15) is 231 Å². The summed E-state index contributed by atoms with van der Waals surface area (Å²) in [5.74, 6) is 4.46. The van der Waals surface area contributed by atoms with Gasteiger partial charge in [0.1, 0.15) is 9.84 Å². The molecule has 8 aliphatic rings. The molecule has 8 rings (SSSR count). The first kappa shape index (κ1) is 81.0. The van der Waals surface area contributed by atoms with Crippen LogP contribution in [0.4, 0.5) is 0 Å². The zero-order valence-corrected chi connectivity index (χ0v) is 47.5. The van der Waals surface area contributed by atoms with E-state index >= 15 is 0 Å². The lowest BCUT2D eigenvalue weighted by atomic mass is 9.91. The van der Waals surface area contributed by atoms with Crippen LogP contribution in [0.3, 0.4) is 0 Å². The van der Waals surface area contributed by atoms with Gasteiger partial charge in [-0.3, -0.25) is 8.37 Å². The number of hydrogen-bond donors (Lipinski definition) is 0. The molecule has 4 aliphatic carbocycles. The van der Waals surface area contributed by atoms with Gasteiger partial charge in [-0.15, -0.1) is 0 Å². The molecule has 8 unspecified atom stereocenters. The Balaban J connectivity index is -0.0000000730. The molecule has 0 aromatic heterocycles. The molecule has 8 atom stereocenters. The molecule has 10 nitrogen and oxygen atoms in total. The van der Waals surface area contributed by atoms with Gasteiger partial charge in [-0.1, -0.05) is 174 Å². The first-order valence-electron chi connectivity index (χ1n) is 25.0. The van der Waals surface area contributed by atoms with Gasteiger partial charge < -0.3 is 0 Å². The fraction of sp³-hybridized carbons (Fsp3) is 1.00. The van der Waals surface area contributed by atoms with E-state index in [1.165, 1.54) is 12.8 Å². The van der Waals surface area contributed by atoms with Crippen LogP contribution in [0.25, 0.3) is 0 Å². The van der Waals surface area contributed by atoms with Crippen LogP contribution >= 0.6 is 0 Å². The van der Waals surface area contributed by atoms with Crippen molar-refractivity contribution in [2.45, 2.75) is 248 Å². The van der Waals surface area contributed by atoms with Crippen LogP contribution in [0, 0.1) is 29.6 Å². The number of fused-ring (bicyclic) bond motifs is 2. The van der Waals surface area contributed by atoms with Crippen LogP contribution in [0.15, 0.2) is 0 Å². The van der Waals surface area contributed by atoms with E-state index in [-0.39, 0.29) is 29.8 Å². The monoisotopic (exact) mass is 965 g/mol. The van der Waals surface area contributed by atoms with Crippen molar-refractivity contribution in [3.05, 3.63) is 0 Å². The van der Waals surface area contributed by atoms with Gasteiger partial charge in [-0.2, -0.15) is 16.8 Å². The Labute approximate surface area is 387 Å². The van der Waals surface area contributed by atoms with Gasteiger partial charge >= 0.3 is 0 Å². The highest BCUT2D eigenvalue weighted by Crippen LogP contribution is 2.56. The second kappa shape index (κ2) is 50.7. The van der Waals surface area contributed by atoms with Gasteiger partial charge in [0, 0.05) is 5.92 Å². The van der Waals surface area contributed by atoms with Gasteiger partial charge in [0.15, 0.2) is 9.84 Å².